The number of imidazole rings is 1. The lowest BCUT2D eigenvalue weighted by Crippen LogP contribution is -2.54. The van der Waals surface area contributed by atoms with E-state index >= 15 is 0 Å². The van der Waals surface area contributed by atoms with Crippen LogP contribution in [0.4, 0.5) is 10.7 Å². The summed E-state index contributed by atoms with van der Waals surface area (Å²) < 4.78 is 2.05. The Balaban J connectivity index is 1.78. The number of carbonyl (C=O) groups is 2. The van der Waals surface area contributed by atoms with Gasteiger partial charge in [-0.15, -0.1) is 0 Å². The number of benzene rings is 1. The van der Waals surface area contributed by atoms with E-state index in [-0.39, 0.29) is 17.9 Å². The van der Waals surface area contributed by atoms with Crippen molar-refractivity contribution in [1.29, 1.82) is 0 Å². The van der Waals surface area contributed by atoms with E-state index in [1.807, 2.05) is 49.6 Å². The maximum absolute atomic E-state index is 12.9. The summed E-state index contributed by atoms with van der Waals surface area (Å²) in [7, 11) is 0. The Kier molecular flexibility index (Phi) is 5.44. The molecule has 1 aromatic carbocycles. The molecule has 2 atom stereocenters. The van der Waals surface area contributed by atoms with Crippen molar-refractivity contribution in [2.45, 2.75) is 46.2 Å². The number of aromatic nitrogens is 2. The number of anilines is 1. The van der Waals surface area contributed by atoms with Crippen molar-refractivity contribution in [3.8, 4) is 0 Å². The fourth-order valence-corrected chi connectivity index (χ4v) is 3.25. The van der Waals surface area contributed by atoms with Gasteiger partial charge in [0.15, 0.2) is 0 Å². The van der Waals surface area contributed by atoms with E-state index in [2.05, 4.69) is 15.6 Å². The third-order valence-electron chi connectivity index (χ3n) is 4.99. The monoisotopic (exact) mass is 357 g/mol. The molecule has 3 amide bonds. The van der Waals surface area contributed by atoms with Gasteiger partial charge in [0.25, 0.3) is 0 Å². The summed E-state index contributed by atoms with van der Waals surface area (Å²) >= 11 is 0. The Morgan fingerprint density at radius 3 is 2.73 bits per heavy atom. The zero-order chi connectivity index (χ0) is 18.7. The second-order valence-electron chi connectivity index (χ2n) is 6.81. The van der Waals surface area contributed by atoms with Crippen LogP contribution in [0.25, 0.3) is 11.0 Å². The molecule has 1 unspecified atom stereocenters. The highest BCUT2D eigenvalue weighted by atomic mass is 16.2. The number of carbonyl (C=O) groups excluding carboxylic acids is 2. The van der Waals surface area contributed by atoms with Gasteiger partial charge in [-0.25, -0.2) is 9.78 Å². The van der Waals surface area contributed by atoms with Crippen LogP contribution >= 0.6 is 0 Å². The zero-order valence-corrected chi connectivity index (χ0v) is 15.7. The van der Waals surface area contributed by atoms with Gasteiger partial charge in [-0.05, 0) is 24.5 Å². The lowest BCUT2D eigenvalue weighted by Gasteiger charge is -2.25. The molecule has 2 N–H and O–H groups in total. The maximum atomic E-state index is 12.9. The molecule has 0 radical (unpaired) electrons. The topological polar surface area (TPSA) is 79.3 Å². The van der Waals surface area contributed by atoms with Gasteiger partial charge >= 0.3 is 6.03 Å². The van der Waals surface area contributed by atoms with E-state index in [0.717, 1.165) is 23.9 Å². The van der Waals surface area contributed by atoms with E-state index < -0.39 is 6.04 Å². The van der Waals surface area contributed by atoms with Crippen LogP contribution in [-0.2, 0) is 11.3 Å². The van der Waals surface area contributed by atoms with Gasteiger partial charge in [-0.3, -0.25) is 9.69 Å². The molecular weight excluding hydrogens is 330 g/mol. The summed E-state index contributed by atoms with van der Waals surface area (Å²) in [6, 6.07) is 7.04. The molecule has 7 heteroatoms. The van der Waals surface area contributed by atoms with E-state index in [1.165, 1.54) is 0 Å². The predicted molar refractivity (Wildman–Crippen MR) is 102 cm³/mol. The highest BCUT2D eigenvalue weighted by molar-refractivity contribution is 5.96. The van der Waals surface area contributed by atoms with Crippen LogP contribution < -0.4 is 15.5 Å². The van der Waals surface area contributed by atoms with Gasteiger partial charge in [0.1, 0.15) is 6.04 Å². The molecule has 0 spiro atoms. The van der Waals surface area contributed by atoms with Gasteiger partial charge in [-0.2, -0.15) is 0 Å². The minimum Gasteiger partial charge on any atom is -0.354 e. The molecule has 0 saturated heterocycles. The molecule has 0 aliphatic carbocycles. The Morgan fingerprint density at radius 2 is 2.00 bits per heavy atom. The van der Waals surface area contributed by atoms with E-state index in [4.69, 9.17) is 0 Å². The first-order valence-electron chi connectivity index (χ1n) is 9.37. The van der Waals surface area contributed by atoms with Crippen LogP contribution in [0.2, 0.25) is 0 Å². The third kappa shape index (κ3) is 3.38. The first-order valence-corrected chi connectivity index (χ1v) is 9.37. The molecule has 1 aliphatic heterocycles. The Morgan fingerprint density at radius 1 is 1.23 bits per heavy atom. The van der Waals surface area contributed by atoms with Crippen LogP contribution in [0.15, 0.2) is 24.3 Å². The molecule has 0 bridgehead atoms. The highest BCUT2D eigenvalue weighted by Gasteiger charge is 2.32. The molecule has 7 nitrogen and oxygen atoms in total. The Hall–Kier alpha value is -2.57. The molecule has 2 aromatic rings. The molecule has 0 saturated carbocycles. The van der Waals surface area contributed by atoms with Gasteiger partial charge in [0.05, 0.1) is 11.0 Å². The van der Waals surface area contributed by atoms with Crippen LogP contribution in [0, 0.1) is 5.92 Å². The molecule has 140 valence electrons. The average Bonchev–Trinajstić information content (AvgIpc) is 3.22. The van der Waals surface area contributed by atoms with Gasteiger partial charge in [0, 0.05) is 19.6 Å². The van der Waals surface area contributed by atoms with E-state index in [0.29, 0.717) is 25.6 Å². The predicted octanol–water partition coefficient (Wildman–Crippen LogP) is 2.51. The van der Waals surface area contributed by atoms with Crippen molar-refractivity contribution in [3.63, 3.8) is 0 Å². The zero-order valence-electron chi connectivity index (χ0n) is 15.7. The summed E-state index contributed by atoms with van der Waals surface area (Å²) in [6.07, 6.45) is 1.67. The SMILES string of the molecule is CCCNC(=O)[C@@H](NC(=O)N1CCn2c1nc1ccccc12)C(C)CC. The van der Waals surface area contributed by atoms with Crippen molar-refractivity contribution < 1.29 is 9.59 Å². The number of nitrogens with one attached hydrogen (secondary N) is 2. The molecule has 3 rings (SSSR count). The molecule has 1 aliphatic rings. The number of para-hydroxylation sites is 2. The van der Waals surface area contributed by atoms with Gasteiger partial charge in [0.2, 0.25) is 11.9 Å². The lowest BCUT2D eigenvalue weighted by molar-refractivity contribution is -0.124. The second-order valence-corrected chi connectivity index (χ2v) is 6.81. The van der Waals surface area contributed by atoms with Gasteiger partial charge < -0.3 is 15.2 Å². The number of rotatable bonds is 6. The third-order valence-corrected chi connectivity index (χ3v) is 4.99. The number of amides is 3. The summed E-state index contributed by atoms with van der Waals surface area (Å²) in [5.41, 5.74) is 1.90. The molecular formula is C19H27N5O2. The Bertz CT molecular complexity index is 800. The number of urea groups is 1. The van der Waals surface area contributed by atoms with Crippen molar-refractivity contribution in [2.24, 2.45) is 5.92 Å². The van der Waals surface area contributed by atoms with Crippen LogP contribution in [0.3, 0.4) is 0 Å². The number of hydrogen-bond donors (Lipinski definition) is 2. The highest BCUT2D eigenvalue weighted by Crippen LogP contribution is 2.27. The quantitative estimate of drug-likeness (QED) is 0.834. The first-order chi connectivity index (χ1) is 12.6. The van der Waals surface area contributed by atoms with Crippen molar-refractivity contribution in [2.75, 3.05) is 18.0 Å². The smallest absolute Gasteiger partial charge is 0.324 e. The maximum Gasteiger partial charge on any atom is 0.324 e. The van der Waals surface area contributed by atoms with Gasteiger partial charge in [-0.1, -0.05) is 39.3 Å². The lowest BCUT2D eigenvalue weighted by atomic mass is 9.98. The summed E-state index contributed by atoms with van der Waals surface area (Å²) in [5, 5.41) is 5.82. The number of fused-ring (bicyclic) bond motifs is 3. The normalized spacial score (nSPS) is 15.6. The molecule has 2 heterocycles. The minimum atomic E-state index is -0.544. The second kappa shape index (κ2) is 7.76. The van der Waals surface area contributed by atoms with Crippen LogP contribution in [-0.4, -0.2) is 40.6 Å². The molecule has 26 heavy (non-hydrogen) atoms. The molecule has 1 aromatic heterocycles. The van der Waals surface area contributed by atoms with Crippen molar-refractivity contribution in [1.82, 2.24) is 20.2 Å². The first kappa shape index (κ1) is 18.2. The summed E-state index contributed by atoms with van der Waals surface area (Å²) in [4.78, 5) is 31.6. The molecule has 0 fully saturated rings. The standard InChI is InChI=1S/C19H27N5O2/c1-4-10-20-17(25)16(13(3)5-2)22-19(26)24-12-11-23-15-9-7-6-8-14(15)21-18(23)24/h6-9,13,16H,4-5,10-12H2,1-3H3,(H,20,25)(H,22,26)/t13?,16-/m0/s1. The Labute approximate surface area is 153 Å². The van der Waals surface area contributed by atoms with Crippen LogP contribution in [0.1, 0.15) is 33.6 Å². The largest absolute Gasteiger partial charge is 0.354 e. The van der Waals surface area contributed by atoms with Crippen LogP contribution in [0.5, 0.6) is 0 Å². The van der Waals surface area contributed by atoms with E-state index in [9.17, 15) is 9.59 Å². The fraction of sp³-hybridized carbons (Fsp3) is 0.526. The number of nitrogens with zero attached hydrogens (tertiary/aromatic N) is 3. The summed E-state index contributed by atoms with van der Waals surface area (Å²) in [6.45, 7) is 7.89. The average molecular weight is 357 g/mol. The van der Waals surface area contributed by atoms with E-state index in [1.54, 1.807) is 4.90 Å². The number of hydrogen-bond acceptors (Lipinski definition) is 3. The van der Waals surface area contributed by atoms with Crippen molar-refractivity contribution in [3.05, 3.63) is 24.3 Å². The summed E-state index contributed by atoms with van der Waals surface area (Å²) in [5.74, 6) is 0.569. The fourth-order valence-electron chi connectivity index (χ4n) is 3.25. The van der Waals surface area contributed by atoms with Crippen molar-refractivity contribution >= 4 is 28.9 Å². The minimum absolute atomic E-state index is 0.0530.